The highest BCUT2D eigenvalue weighted by Crippen LogP contribution is 2.31. The summed E-state index contributed by atoms with van der Waals surface area (Å²) in [5.41, 5.74) is 3.27. The molecule has 0 spiro atoms. The maximum Gasteiger partial charge on any atom is 0.259 e. The average molecular weight is 426 g/mol. The molecule has 2 heterocycles. The van der Waals surface area contributed by atoms with Crippen LogP contribution in [0.2, 0.25) is 0 Å². The predicted molar refractivity (Wildman–Crippen MR) is 119 cm³/mol. The number of carbonyl (C=O) groups is 2. The van der Waals surface area contributed by atoms with Crippen LogP contribution in [-0.4, -0.2) is 70.6 Å². The van der Waals surface area contributed by atoms with Crippen LogP contribution in [0.3, 0.4) is 0 Å². The van der Waals surface area contributed by atoms with E-state index in [1.54, 1.807) is 23.0 Å². The van der Waals surface area contributed by atoms with E-state index in [2.05, 4.69) is 4.98 Å². The molecule has 1 N–H and O–H groups in total. The van der Waals surface area contributed by atoms with Crippen molar-refractivity contribution in [3.05, 3.63) is 47.7 Å². The molecule has 1 aromatic carbocycles. The zero-order chi connectivity index (χ0) is 22.7. The van der Waals surface area contributed by atoms with Crippen molar-refractivity contribution in [3.63, 3.8) is 0 Å². The Hall–Kier alpha value is -2.93. The molecule has 7 nitrogen and oxygen atoms in total. The predicted octanol–water partition coefficient (Wildman–Crippen LogP) is 2.76. The molecule has 7 heteroatoms. The van der Waals surface area contributed by atoms with Gasteiger partial charge in [-0.2, -0.15) is 0 Å². The molecule has 166 valence electrons. The smallest absolute Gasteiger partial charge is 0.259 e. The number of carbonyl (C=O) groups excluding carboxylic acids is 2. The molecule has 0 bridgehead atoms. The van der Waals surface area contributed by atoms with E-state index in [4.69, 9.17) is 4.74 Å². The van der Waals surface area contributed by atoms with Crippen LogP contribution in [0.15, 0.2) is 36.5 Å². The molecule has 31 heavy (non-hydrogen) atoms. The molecule has 1 aliphatic rings. The second-order valence-electron chi connectivity index (χ2n) is 8.41. The van der Waals surface area contributed by atoms with Crippen molar-refractivity contribution in [1.29, 1.82) is 0 Å². The number of fused-ring (bicyclic) bond motifs is 1. The van der Waals surface area contributed by atoms with Crippen LogP contribution >= 0.6 is 0 Å². The van der Waals surface area contributed by atoms with Gasteiger partial charge in [0.15, 0.2) is 0 Å². The van der Waals surface area contributed by atoms with Crippen LogP contribution in [0.5, 0.6) is 5.88 Å². The van der Waals surface area contributed by atoms with Crippen molar-refractivity contribution in [2.24, 2.45) is 5.92 Å². The minimum absolute atomic E-state index is 0.0578. The normalized spacial score (nSPS) is 19.7. The SMILES string of the molecule is CC(=O)N(C)C[C@H]1Oc2ncc(-c3ccccc3C)cc2C(=O)N([C@H](C)CO)C[C@H]1C. The summed E-state index contributed by atoms with van der Waals surface area (Å²) in [4.78, 5) is 33.0. The van der Waals surface area contributed by atoms with Crippen molar-refractivity contribution in [2.75, 3.05) is 26.7 Å². The van der Waals surface area contributed by atoms with Crippen LogP contribution in [0.4, 0.5) is 0 Å². The monoisotopic (exact) mass is 425 g/mol. The van der Waals surface area contributed by atoms with Crippen molar-refractivity contribution >= 4 is 11.8 Å². The van der Waals surface area contributed by atoms with Gasteiger partial charge in [0, 0.05) is 38.2 Å². The lowest BCUT2D eigenvalue weighted by molar-refractivity contribution is -0.129. The van der Waals surface area contributed by atoms with Crippen molar-refractivity contribution < 1.29 is 19.4 Å². The van der Waals surface area contributed by atoms with Crippen LogP contribution in [0.1, 0.15) is 36.7 Å². The first-order valence-corrected chi connectivity index (χ1v) is 10.6. The quantitative estimate of drug-likeness (QED) is 0.797. The van der Waals surface area contributed by atoms with E-state index in [0.29, 0.717) is 18.7 Å². The highest BCUT2D eigenvalue weighted by atomic mass is 16.5. The van der Waals surface area contributed by atoms with Gasteiger partial charge in [0.2, 0.25) is 11.8 Å². The summed E-state index contributed by atoms with van der Waals surface area (Å²) in [5.74, 6) is -0.0842. The van der Waals surface area contributed by atoms with E-state index in [9.17, 15) is 14.7 Å². The van der Waals surface area contributed by atoms with E-state index in [1.807, 2.05) is 51.1 Å². The van der Waals surface area contributed by atoms with Crippen molar-refractivity contribution in [2.45, 2.75) is 39.8 Å². The van der Waals surface area contributed by atoms with Crippen LogP contribution in [0, 0.1) is 12.8 Å². The second kappa shape index (κ2) is 9.47. The number of aromatic nitrogens is 1. The summed E-state index contributed by atoms with van der Waals surface area (Å²) in [5, 5.41) is 9.76. The first-order chi connectivity index (χ1) is 14.7. The number of rotatable bonds is 5. The Balaban J connectivity index is 2.07. The van der Waals surface area contributed by atoms with Crippen LogP contribution in [-0.2, 0) is 4.79 Å². The first kappa shape index (κ1) is 22.7. The van der Waals surface area contributed by atoms with Gasteiger partial charge in [0.05, 0.1) is 19.2 Å². The summed E-state index contributed by atoms with van der Waals surface area (Å²) >= 11 is 0. The summed E-state index contributed by atoms with van der Waals surface area (Å²) in [7, 11) is 1.73. The minimum atomic E-state index is -0.353. The number of hydrogen-bond donors (Lipinski definition) is 1. The van der Waals surface area contributed by atoms with Gasteiger partial charge >= 0.3 is 0 Å². The molecular weight excluding hydrogens is 394 g/mol. The summed E-state index contributed by atoms with van der Waals surface area (Å²) in [6.07, 6.45) is 1.37. The van der Waals surface area contributed by atoms with E-state index >= 15 is 0 Å². The van der Waals surface area contributed by atoms with Gasteiger partial charge in [-0.3, -0.25) is 9.59 Å². The lowest BCUT2D eigenvalue weighted by Gasteiger charge is -2.37. The van der Waals surface area contributed by atoms with Crippen molar-refractivity contribution in [3.8, 4) is 17.0 Å². The Bertz CT molecular complexity index is 962. The molecule has 0 saturated carbocycles. The number of ether oxygens (including phenoxy) is 1. The number of aliphatic hydroxyl groups is 1. The molecule has 0 unspecified atom stereocenters. The molecular formula is C24H31N3O4. The Kier molecular flexibility index (Phi) is 6.95. The first-order valence-electron chi connectivity index (χ1n) is 10.6. The van der Waals surface area contributed by atoms with Gasteiger partial charge in [-0.25, -0.2) is 4.98 Å². The Morgan fingerprint density at radius 2 is 2.06 bits per heavy atom. The van der Waals surface area contributed by atoms with E-state index in [0.717, 1.165) is 16.7 Å². The van der Waals surface area contributed by atoms with E-state index in [-0.39, 0.29) is 42.4 Å². The number of nitrogens with zero attached hydrogens (tertiary/aromatic N) is 3. The molecule has 0 radical (unpaired) electrons. The van der Waals surface area contributed by atoms with Gasteiger partial charge in [0.1, 0.15) is 11.7 Å². The second-order valence-corrected chi connectivity index (χ2v) is 8.41. The standard InChI is InChI=1S/C24H31N3O4/c1-15-8-6-7-9-20(15)19-10-21-23(25-11-19)31-22(13-26(5)18(4)29)16(2)12-27(24(21)30)17(3)14-28/h6-11,16-17,22,28H,12-14H2,1-5H3/t16-,17-,22-/m1/s1. The fourth-order valence-electron chi connectivity index (χ4n) is 3.76. The number of aryl methyl sites for hydroxylation is 1. The third kappa shape index (κ3) is 4.88. The molecule has 0 saturated heterocycles. The summed E-state index contributed by atoms with van der Waals surface area (Å²) < 4.78 is 6.21. The summed E-state index contributed by atoms with van der Waals surface area (Å²) in [6.45, 7) is 7.98. The number of aliphatic hydroxyl groups excluding tert-OH is 1. The van der Waals surface area contributed by atoms with Gasteiger partial charge < -0.3 is 19.6 Å². The van der Waals surface area contributed by atoms with Crippen LogP contribution in [0.25, 0.3) is 11.1 Å². The third-order valence-corrected chi connectivity index (χ3v) is 5.97. The fourth-order valence-corrected chi connectivity index (χ4v) is 3.76. The van der Waals surface area contributed by atoms with E-state index in [1.165, 1.54) is 6.92 Å². The number of hydrogen-bond acceptors (Lipinski definition) is 5. The summed E-state index contributed by atoms with van der Waals surface area (Å²) in [6, 6.07) is 9.39. The zero-order valence-corrected chi connectivity index (χ0v) is 18.8. The number of pyridine rings is 1. The molecule has 3 rings (SSSR count). The Morgan fingerprint density at radius 1 is 1.35 bits per heavy atom. The van der Waals surface area contributed by atoms with Gasteiger partial charge in [-0.1, -0.05) is 31.2 Å². The highest BCUT2D eigenvalue weighted by molar-refractivity contribution is 5.98. The molecule has 1 aliphatic heterocycles. The fraction of sp³-hybridized carbons (Fsp3) is 0.458. The topological polar surface area (TPSA) is 83.0 Å². The lowest BCUT2D eigenvalue weighted by Crippen LogP contribution is -2.50. The molecule has 0 aliphatic carbocycles. The molecule has 2 aromatic rings. The average Bonchev–Trinajstić information content (AvgIpc) is 2.75. The largest absolute Gasteiger partial charge is 0.472 e. The number of amides is 2. The minimum Gasteiger partial charge on any atom is -0.472 e. The maximum absolute atomic E-state index is 13.5. The van der Waals surface area contributed by atoms with Crippen LogP contribution < -0.4 is 4.74 Å². The van der Waals surface area contributed by atoms with E-state index < -0.39 is 0 Å². The number of likely N-dealkylation sites (N-methyl/N-ethyl adjacent to an activating group) is 1. The molecule has 0 fully saturated rings. The van der Waals surface area contributed by atoms with Gasteiger partial charge in [-0.15, -0.1) is 0 Å². The molecule has 3 atom stereocenters. The number of benzene rings is 1. The molecule has 1 aromatic heterocycles. The maximum atomic E-state index is 13.5. The Labute approximate surface area is 183 Å². The Morgan fingerprint density at radius 3 is 2.71 bits per heavy atom. The third-order valence-electron chi connectivity index (χ3n) is 5.97. The van der Waals surface area contributed by atoms with Gasteiger partial charge in [0.25, 0.3) is 5.91 Å². The highest BCUT2D eigenvalue weighted by Gasteiger charge is 2.34. The van der Waals surface area contributed by atoms with Crippen molar-refractivity contribution in [1.82, 2.24) is 14.8 Å². The van der Waals surface area contributed by atoms with Gasteiger partial charge in [-0.05, 0) is 31.0 Å². The zero-order valence-electron chi connectivity index (χ0n) is 18.8. The molecule has 2 amide bonds. The lowest BCUT2D eigenvalue weighted by atomic mass is 9.98.